The summed E-state index contributed by atoms with van der Waals surface area (Å²) in [4.78, 5) is 0. The summed E-state index contributed by atoms with van der Waals surface area (Å²) in [6.45, 7) is 0. The molecular formula is C19H42O13Si4. The van der Waals surface area contributed by atoms with Crippen LogP contribution in [0.15, 0.2) is 0 Å². The van der Waals surface area contributed by atoms with Crippen molar-refractivity contribution in [2.24, 2.45) is 17.8 Å². The maximum Gasteiger partial charge on any atom is 0.673 e. The van der Waals surface area contributed by atoms with Crippen LogP contribution < -0.4 is 0 Å². The maximum atomic E-state index is 6.98. The molecule has 0 aliphatic heterocycles. The van der Waals surface area contributed by atoms with Gasteiger partial charge in [-0.25, -0.2) is 0 Å². The minimum atomic E-state index is -4.52. The van der Waals surface area contributed by atoms with Gasteiger partial charge in [0.05, 0.1) is 5.60 Å². The molecule has 4 fully saturated rings. The molecular weight excluding hydrogens is 549 g/mol. The Hall–Kier alpha value is 0.348. The summed E-state index contributed by atoms with van der Waals surface area (Å²) >= 11 is 0. The number of hydrogen-bond acceptors (Lipinski definition) is 13. The first-order valence-corrected chi connectivity index (χ1v) is 18.4. The molecule has 0 unspecified atom stereocenters. The van der Waals surface area contributed by atoms with Crippen molar-refractivity contribution >= 4 is 36.2 Å². The quantitative estimate of drug-likeness (QED) is 0.228. The summed E-state index contributed by atoms with van der Waals surface area (Å²) in [7, 11) is -3.45. The Kier molecular flexibility index (Phi) is 10.5. The molecule has 4 saturated carbocycles. The van der Waals surface area contributed by atoms with Crippen molar-refractivity contribution in [2.75, 3.05) is 64.0 Å². The van der Waals surface area contributed by atoms with Crippen LogP contribution in [0.5, 0.6) is 0 Å². The van der Waals surface area contributed by atoms with Crippen molar-refractivity contribution < 1.29 is 56.6 Å². The Morgan fingerprint density at radius 1 is 0.417 bits per heavy atom. The summed E-state index contributed by atoms with van der Waals surface area (Å²) in [5.41, 5.74) is -0.568. The van der Waals surface area contributed by atoms with Gasteiger partial charge in [0, 0.05) is 64.0 Å². The molecule has 0 amide bonds. The molecule has 13 nitrogen and oxygen atoms in total. The van der Waals surface area contributed by atoms with Gasteiger partial charge >= 0.3 is 36.2 Å². The lowest BCUT2D eigenvalue weighted by molar-refractivity contribution is -0.161. The van der Waals surface area contributed by atoms with Crippen molar-refractivity contribution in [1.29, 1.82) is 0 Å². The van der Waals surface area contributed by atoms with Crippen molar-refractivity contribution in [3.63, 3.8) is 0 Å². The lowest BCUT2D eigenvalue weighted by Gasteiger charge is -2.58. The third-order valence-electron chi connectivity index (χ3n) is 7.32. The standard InChI is InChI=1S/C19H42O13Si4/c1-20-33(21-2,22-3)30-36(31-34(23-4,24-5)25-6,32-35(26-7,27-8)28-9)29-19-13-16-10-17(14-19)12-18(11-16)15-19/h16-18H,10-15H2,1-9H3. The average Bonchev–Trinajstić information content (AvgIpc) is 2.88. The van der Waals surface area contributed by atoms with Crippen LogP contribution in [0.2, 0.25) is 0 Å². The van der Waals surface area contributed by atoms with Crippen LogP contribution in [-0.4, -0.2) is 106 Å². The topological polar surface area (TPSA) is 120 Å². The van der Waals surface area contributed by atoms with Gasteiger partial charge < -0.3 is 56.6 Å². The molecule has 4 aliphatic rings. The van der Waals surface area contributed by atoms with Gasteiger partial charge in [-0.1, -0.05) is 0 Å². The van der Waals surface area contributed by atoms with Gasteiger partial charge in [0.2, 0.25) is 0 Å². The zero-order valence-corrected chi connectivity index (χ0v) is 26.8. The van der Waals surface area contributed by atoms with Gasteiger partial charge in [-0.05, 0) is 56.3 Å². The van der Waals surface area contributed by atoms with Gasteiger partial charge in [0.1, 0.15) is 0 Å². The van der Waals surface area contributed by atoms with E-state index in [9.17, 15) is 0 Å². The molecule has 4 aliphatic carbocycles. The summed E-state index contributed by atoms with van der Waals surface area (Å²) in [6.07, 6.45) is 6.13. The van der Waals surface area contributed by atoms with Crippen molar-refractivity contribution in [2.45, 2.75) is 44.1 Å². The van der Waals surface area contributed by atoms with Gasteiger partial charge in [-0.2, -0.15) is 0 Å². The molecule has 0 heterocycles. The molecule has 4 rings (SSSR count). The van der Waals surface area contributed by atoms with Crippen molar-refractivity contribution in [3.8, 4) is 0 Å². The summed E-state index contributed by atoms with van der Waals surface area (Å²) in [6, 6.07) is 0. The summed E-state index contributed by atoms with van der Waals surface area (Å²) in [5, 5.41) is 0. The summed E-state index contributed by atoms with van der Waals surface area (Å²) < 4.78 is 76.7. The molecule has 0 aromatic rings. The lowest BCUT2D eigenvalue weighted by atomic mass is 9.54. The lowest BCUT2D eigenvalue weighted by Crippen LogP contribution is -2.73. The van der Waals surface area contributed by atoms with Crippen LogP contribution in [0.4, 0.5) is 0 Å². The predicted octanol–water partition coefficient (Wildman–Crippen LogP) is 1.58. The van der Waals surface area contributed by atoms with E-state index in [2.05, 4.69) is 0 Å². The number of rotatable bonds is 17. The molecule has 0 spiro atoms. The minimum Gasteiger partial charge on any atom is -0.355 e. The second-order valence-electron chi connectivity index (χ2n) is 9.35. The van der Waals surface area contributed by atoms with Gasteiger partial charge in [-0.15, -0.1) is 0 Å². The van der Waals surface area contributed by atoms with Crippen LogP contribution >= 0.6 is 0 Å². The fourth-order valence-electron chi connectivity index (χ4n) is 6.13. The fourth-order valence-corrected chi connectivity index (χ4v) is 17.2. The second kappa shape index (κ2) is 12.2. The van der Waals surface area contributed by atoms with E-state index in [0.717, 1.165) is 19.3 Å². The minimum absolute atomic E-state index is 0.556. The van der Waals surface area contributed by atoms with Gasteiger partial charge in [0.25, 0.3) is 0 Å². The number of hydrogen-bond donors (Lipinski definition) is 0. The van der Waals surface area contributed by atoms with E-state index < -0.39 is 41.8 Å². The molecule has 36 heavy (non-hydrogen) atoms. The highest BCUT2D eigenvalue weighted by molar-refractivity contribution is 6.79. The second-order valence-corrected chi connectivity index (χ2v) is 19.7. The summed E-state index contributed by atoms with van der Waals surface area (Å²) in [5.74, 6) is 1.67. The van der Waals surface area contributed by atoms with Crippen LogP contribution in [0, 0.1) is 17.8 Å². The highest BCUT2D eigenvalue weighted by atomic mass is 28.5. The Balaban J connectivity index is 2.14. The third kappa shape index (κ3) is 6.22. The van der Waals surface area contributed by atoms with Gasteiger partial charge in [0.15, 0.2) is 0 Å². The molecule has 17 heteroatoms. The molecule has 0 N–H and O–H groups in total. The fraction of sp³-hybridized carbons (Fsp3) is 1.00. The Morgan fingerprint density at radius 2 is 0.667 bits per heavy atom. The molecule has 4 bridgehead atoms. The van der Waals surface area contributed by atoms with E-state index in [-0.39, 0.29) is 0 Å². The normalized spacial score (nSPS) is 28.8. The molecule has 0 saturated heterocycles. The van der Waals surface area contributed by atoms with Crippen molar-refractivity contribution in [1.82, 2.24) is 0 Å². The van der Waals surface area contributed by atoms with Crippen LogP contribution in [0.25, 0.3) is 0 Å². The predicted molar refractivity (Wildman–Crippen MR) is 131 cm³/mol. The van der Waals surface area contributed by atoms with Crippen LogP contribution in [0.3, 0.4) is 0 Å². The first-order valence-electron chi connectivity index (χ1n) is 11.9. The Labute approximate surface area is 218 Å². The maximum absolute atomic E-state index is 6.98. The van der Waals surface area contributed by atoms with E-state index >= 15 is 0 Å². The largest absolute Gasteiger partial charge is 0.673 e. The first kappa shape index (κ1) is 30.9. The molecule has 0 aromatic carbocycles. The Bertz CT molecular complexity index is 590. The van der Waals surface area contributed by atoms with E-state index in [1.54, 1.807) is 0 Å². The van der Waals surface area contributed by atoms with Gasteiger partial charge in [-0.3, -0.25) is 0 Å². The SMILES string of the molecule is CO[Si](OC)(OC)O[Si](OC12CC3CC(CC(C3)C1)C2)(O[Si](OC)(OC)OC)O[Si](OC)(OC)OC. The van der Waals surface area contributed by atoms with E-state index in [0.29, 0.717) is 17.8 Å². The van der Waals surface area contributed by atoms with Crippen LogP contribution in [-0.2, 0) is 56.6 Å². The zero-order valence-electron chi connectivity index (χ0n) is 22.8. The molecule has 0 aromatic heterocycles. The molecule has 0 radical (unpaired) electrons. The van der Waals surface area contributed by atoms with Crippen LogP contribution in [0.1, 0.15) is 38.5 Å². The average molecular weight is 591 g/mol. The third-order valence-corrected chi connectivity index (χ3v) is 18.5. The Morgan fingerprint density at radius 3 is 0.889 bits per heavy atom. The van der Waals surface area contributed by atoms with E-state index in [4.69, 9.17) is 56.6 Å². The van der Waals surface area contributed by atoms with E-state index in [1.807, 2.05) is 0 Å². The first-order chi connectivity index (χ1) is 17.1. The van der Waals surface area contributed by atoms with E-state index in [1.165, 1.54) is 83.3 Å². The highest BCUT2D eigenvalue weighted by Crippen LogP contribution is 2.58. The molecule has 0 atom stereocenters. The molecule has 212 valence electrons. The monoisotopic (exact) mass is 590 g/mol. The van der Waals surface area contributed by atoms with Crippen molar-refractivity contribution in [3.05, 3.63) is 0 Å². The highest BCUT2D eigenvalue weighted by Gasteiger charge is 2.72. The smallest absolute Gasteiger partial charge is 0.355 e. The zero-order chi connectivity index (χ0) is 26.7.